The second-order valence-corrected chi connectivity index (χ2v) is 15.2. The van der Waals surface area contributed by atoms with Gasteiger partial charge in [0.1, 0.15) is 6.04 Å². The summed E-state index contributed by atoms with van der Waals surface area (Å²) < 4.78 is 7.46. The lowest BCUT2D eigenvalue weighted by atomic mass is 9.44. The minimum Gasteiger partial charge on any atom is -0.456 e. The number of likely N-dealkylation sites (tertiary alicyclic amines) is 2. The number of carbonyl (C=O) groups is 1. The first-order valence-electron chi connectivity index (χ1n) is 16.1. The van der Waals surface area contributed by atoms with E-state index in [-0.39, 0.29) is 23.6 Å². The molecule has 6 rings (SSSR count). The van der Waals surface area contributed by atoms with Crippen LogP contribution >= 0.6 is 0 Å². The zero-order valence-corrected chi connectivity index (χ0v) is 24.3. The van der Waals surface area contributed by atoms with E-state index in [9.17, 15) is 9.90 Å². The fourth-order valence-corrected chi connectivity index (χ4v) is 11.4. The van der Waals surface area contributed by atoms with Crippen LogP contribution in [0.15, 0.2) is 0 Å². The number of hydrogen-bond donors (Lipinski definition) is 1. The van der Waals surface area contributed by atoms with Crippen LogP contribution in [0.1, 0.15) is 104 Å². The van der Waals surface area contributed by atoms with Gasteiger partial charge in [0.2, 0.25) is 0 Å². The van der Waals surface area contributed by atoms with E-state index in [1.807, 2.05) is 0 Å². The van der Waals surface area contributed by atoms with Gasteiger partial charge in [-0.05, 0) is 113 Å². The van der Waals surface area contributed by atoms with Gasteiger partial charge in [-0.2, -0.15) is 0 Å². The number of esters is 1. The van der Waals surface area contributed by atoms with E-state index in [1.54, 1.807) is 6.92 Å². The number of aliphatic hydroxyl groups is 1. The average molecular weight is 516 g/mol. The number of likely N-dealkylation sites (N-methyl/N-ethyl adjacent to an activating group) is 1. The normalized spacial score (nSPS) is 50.0. The van der Waals surface area contributed by atoms with Gasteiger partial charge in [0.25, 0.3) is 0 Å². The van der Waals surface area contributed by atoms with Crippen molar-refractivity contribution in [2.75, 3.05) is 33.2 Å². The van der Waals surface area contributed by atoms with Crippen molar-refractivity contribution in [3.05, 3.63) is 0 Å². The molecular formula is C32H55N2O3+. The zero-order chi connectivity index (χ0) is 26.0. The quantitative estimate of drug-likeness (QED) is 0.404. The summed E-state index contributed by atoms with van der Waals surface area (Å²) in [6.45, 7) is 11.6. The number of hydrogen-bond acceptors (Lipinski definition) is 4. The van der Waals surface area contributed by atoms with E-state index >= 15 is 0 Å². The van der Waals surface area contributed by atoms with E-state index < -0.39 is 0 Å². The molecule has 0 aromatic heterocycles. The number of fused-ring (bicyclic) bond motifs is 5. The Labute approximate surface area is 226 Å². The topological polar surface area (TPSA) is 49.8 Å². The zero-order valence-electron chi connectivity index (χ0n) is 24.3. The van der Waals surface area contributed by atoms with Crippen molar-refractivity contribution < 1.29 is 19.1 Å². The van der Waals surface area contributed by atoms with Gasteiger partial charge in [-0.1, -0.05) is 20.3 Å². The second-order valence-electron chi connectivity index (χ2n) is 15.2. The Morgan fingerprint density at radius 3 is 2.32 bits per heavy atom. The van der Waals surface area contributed by atoms with Crippen molar-refractivity contribution in [2.24, 2.45) is 34.5 Å². The van der Waals surface area contributed by atoms with Crippen LogP contribution in [-0.2, 0) is 9.53 Å². The minimum absolute atomic E-state index is 0.0684. The van der Waals surface area contributed by atoms with Crippen LogP contribution in [0.5, 0.6) is 0 Å². The predicted molar refractivity (Wildman–Crippen MR) is 147 cm³/mol. The monoisotopic (exact) mass is 515 g/mol. The molecule has 0 radical (unpaired) electrons. The number of nitrogens with zero attached hydrogens (tertiary/aromatic N) is 2. The molecule has 6 fully saturated rings. The van der Waals surface area contributed by atoms with Gasteiger partial charge >= 0.3 is 5.97 Å². The molecule has 0 aromatic rings. The molecule has 6 aliphatic rings. The molecular weight excluding hydrogens is 460 g/mol. The molecule has 0 aromatic carbocycles. The van der Waals surface area contributed by atoms with Crippen molar-refractivity contribution in [1.82, 2.24) is 4.90 Å². The first-order chi connectivity index (χ1) is 17.7. The summed E-state index contributed by atoms with van der Waals surface area (Å²) in [5.41, 5.74) is 0.448. The Morgan fingerprint density at radius 1 is 0.919 bits per heavy atom. The van der Waals surface area contributed by atoms with Crippen LogP contribution in [0, 0.1) is 34.5 Å². The molecule has 5 nitrogen and oxygen atoms in total. The maximum atomic E-state index is 12.4. The summed E-state index contributed by atoms with van der Waals surface area (Å²) in [7, 11) is 2.47. The molecule has 2 heterocycles. The summed E-state index contributed by atoms with van der Waals surface area (Å²) in [6, 6.07) is 0.814. The largest absolute Gasteiger partial charge is 0.456 e. The highest BCUT2D eigenvalue weighted by molar-refractivity contribution is 5.66. The van der Waals surface area contributed by atoms with Gasteiger partial charge in [-0.3, -0.25) is 9.69 Å². The number of quaternary nitrogens is 1. The smallest absolute Gasteiger partial charge is 0.303 e. The SMILES string of the molecule is CC(=O)O[C@H]1[C@@H]([N+]2(C)CCCCC2)CC2C3CC[C@H]4C[C@H](O)[C@@H](N5CCCCC5)C[C@]4(C)C3CC[C@@]21C. The molecule has 4 saturated carbocycles. The molecule has 3 unspecified atom stereocenters. The lowest BCUT2D eigenvalue weighted by Gasteiger charge is -2.62. The molecule has 2 aliphatic heterocycles. The number of ether oxygens (including phenoxy) is 1. The molecule has 210 valence electrons. The fraction of sp³-hybridized carbons (Fsp3) is 0.969. The standard InChI is InChI=1S/C32H55N2O3/c1-22(35)37-30-28(34(4)17-9-6-10-18-34)20-26-24-12-11-23-19-29(36)27(33-15-7-5-8-16-33)21-32(23,3)25(24)13-14-31(26,30)2/h23-30,36H,5-21H2,1-4H3/q+1/t23-,24?,25?,26?,27-,28-,29-,30-,31-,32-/m0/s1. The van der Waals surface area contributed by atoms with Gasteiger partial charge in [0.15, 0.2) is 6.10 Å². The van der Waals surface area contributed by atoms with Gasteiger partial charge in [0.05, 0.1) is 26.2 Å². The van der Waals surface area contributed by atoms with Crippen LogP contribution in [-0.4, -0.2) is 78.0 Å². The highest BCUT2D eigenvalue weighted by Crippen LogP contribution is 2.67. The molecule has 37 heavy (non-hydrogen) atoms. The van der Waals surface area contributed by atoms with E-state index in [4.69, 9.17) is 4.74 Å². The highest BCUT2D eigenvalue weighted by Gasteiger charge is 2.67. The van der Waals surface area contributed by atoms with Crippen LogP contribution in [0.25, 0.3) is 0 Å². The summed E-state index contributed by atoms with van der Waals surface area (Å²) in [5.74, 6) is 2.76. The summed E-state index contributed by atoms with van der Waals surface area (Å²) in [6.07, 6.45) is 16.4. The van der Waals surface area contributed by atoms with E-state index in [0.717, 1.165) is 22.7 Å². The van der Waals surface area contributed by atoms with Crippen LogP contribution in [0.3, 0.4) is 0 Å². The third kappa shape index (κ3) is 4.32. The van der Waals surface area contributed by atoms with Crippen molar-refractivity contribution in [3.63, 3.8) is 0 Å². The summed E-state index contributed by atoms with van der Waals surface area (Å²) >= 11 is 0. The van der Waals surface area contributed by atoms with Crippen LogP contribution in [0.2, 0.25) is 0 Å². The van der Waals surface area contributed by atoms with E-state index in [0.29, 0.717) is 29.3 Å². The molecule has 0 bridgehead atoms. The minimum atomic E-state index is -0.144. The molecule has 0 spiro atoms. The van der Waals surface area contributed by atoms with Gasteiger partial charge < -0.3 is 14.3 Å². The van der Waals surface area contributed by atoms with Gasteiger partial charge in [0, 0.05) is 24.8 Å². The number of piperidine rings is 2. The highest BCUT2D eigenvalue weighted by atomic mass is 16.5. The molecule has 0 amide bonds. The fourth-order valence-electron chi connectivity index (χ4n) is 11.4. The Balaban J connectivity index is 1.28. The van der Waals surface area contributed by atoms with Gasteiger partial charge in [-0.25, -0.2) is 0 Å². The number of carbonyl (C=O) groups excluding carboxylic acids is 1. The Morgan fingerprint density at radius 2 is 1.62 bits per heavy atom. The average Bonchev–Trinajstić information content (AvgIpc) is 3.17. The summed E-state index contributed by atoms with van der Waals surface area (Å²) in [4.78, 5) is 15.1. The maximum absolute atomic E-state index is 12.4. The second kappa shape index (κ2) is 9.77. The first kappa shape index (κ1) is 26.6. The first-order valence-corrected chi connectivity index (χ1v) is 16.1. The summed E-state index contributed by atoms with van der Waals surface area (Å²) in [5, 5.41) is 11.3. The lowest BCUT2D eigenvalue weighted by Crippen LogP contribution is -2.61. The predicted octanol–water partition coefficient (Wildman–Crippen LogP) is 5.40. The van der Waals surface area contributed by atoms with Crippen molar-refractivity contribution >= 4 is 5.97 Å². The van der Waals surface area contributed by atoms with Gasteiger partial charge in [-0.15, -0.1) is 0 Å². The van der Waals surface area contributed by atoms with Crippen LogP contribution < -0.4 is 0 Å². The Bertz CT molecular complexity index is 851. The Hall–Kier alpha value is -0.650. The third-order valence-electron chi connectivity index (χ3n) is 13.4. The molecule has 5 heteroatoms. The molecule has 1 N–H and O–H groups in total. The van der Waals surface area contributed by atoms with Crippen molar-refractivity contribution in [2.45, 2.75) is 129 Å². The van der Waals surface area contributed by atoms with Crippen molar-refractivity contribution in [3.8, 4) is 0 Å². The van der Waals surface area contributed by atoms with E-state index in [1.165, 1.54) is 103 Å². The number of aliphatic hydroxyl groups excluding tert-OH is 1. The maximum Gasteiger partial charge on any atom is 0.303 e. The number of rotatable bonds is 3. The van der Waals surface area contributed by atoms with Crippen molar-refractivity contribution in [1.29, 1.82) is 0 Å². The lowest BCUT2D eigenvalue weighted by molar-refractivity contribution is -0.940. The Kier molecular flexibility index (Phi) is 7.01. The molecule has 10 atom stereocenters. The van der Waals surface area contributed by atoms with Crippen LogP contribution in [0.4, 0.5) is 0 Å². The van der Waals surface area contributed by atoms with E-state index in [2.05, 4.69) is 25.8 Å². The molecule has 4 aliphatic carbocycles. The third-order valence-corrected chi connectivity index (χ3v) is 13.4. The molecule has 2 saturated heterocycles.